The third kappa shape index (κ3) is 3.24. The molecule has 1 aromatic rings. The summed E-state index contributed by atoms with van der Waals surface area (Å²) >= 11 is 2.03. The van der Waals surface area contributed by atoms with Crippen LogP contribution in [0.1, 0.15) is 24.9 Å². The van der Waals surface area contributed by atoms with Crippen LogP contribution >= 0.6 is 11.8 Å². The summed E-state index contributed by atoms with van der Waals surface area (Å²) in [5.74, 6) is 2.44. The van der Waals surface area contributed by atoms with Gasteiger partial charge in [-0.2, -0.15) is 16.9 Å². The Morgan fingerprint density at radius 3 is 2.88 bits per heavy atom. The average Bonchev–Trinajstić information content (AvgIpc) is 2.81. The zero-order chi connectivity index (χ0) is 12.1. The Bertz CT molecular complexity index is 333. The molecule has 1 atom stereocenters. The fourth-order valence-corrected chi connectivity index (χ4v) is 3.22. The van der Waals surface area contributed by atoms with E-state index in [-0.39, 0.29) is 0 Å². The Morgan fingerprint density at radius 2 is 2.24 bits per heavy atom. The van der Waals surface area contributed by atoms with Gasteiger partial charge in [-0.05, 0) is 6.42 Å². The number of hydrogen-bond donors (Lipinski definition) is 1. The van der Waals surface area contributed by atoms with Crippen LogP contribution < -0.4 is 5.73 Å². The summed E-state index contributed by atoms with van der Waals surface area (Å²) in [6.45, 7) is 6.14. The highest BCUT2D eigenvalue weighted by atomic mass is 32.2. The summed E-state index contributed by atoms with van der Waals surface area (Å²) < 4.78 is 2.02. The van der Waals surface area contributed by atoms with Crippen molar-refractivity contribution in [2.24, 2.45) is 5.73 Å². The highest BCUT2D eigenvalue weighted by molar-refractivity contribution is 7.99. The molecule has 1 aliphatic heterocycles. The molecule has 96 valence electrons. The first-order chi connectivity index (χ1) is 8.35. The van der Waals surface area contributed by atoms with E-state index in [1.165, 1.54) is 17.1 Å². The van der Waals surface area contributed by atoms with Crippen molar-refractivity contribution in [3.63, 3.8) is 0 Å². The van der Waals surface area contributed by atoms with Crippen molar-refractivity contribution in [2.45, 2.75) is 25.9 Å². The lowest BCUT2D eigenvalue weighted by atomic mass is 10.1. The maximum absolute atomic E-state index is 5.93. The van der Waals surface area contributed by atoms with Crippen molar-refractivity contribution in [3.8, 4) is 0 Å². The molecule has 17 heavy (non-hydrogen) atoms. The SMILES string of the molecule is CCCn1cc(C(CN)N2CCSCC2)cn1. The molecule has 0 radical (unpaired) electrons. The Hall–Kier alpha value is -0.520. The Balaban J connectivity index is 2.04. The summed E-state index contributed by atoms with van der Waals surface area (Å²) in [6.07, 6.45) is 5.26. The molecule has 0 aliphatic carbocycles. The number of nitrogens with zero attached hydrogens (tertiary/aromatic N) is 3. The molecule has 1 unspecified atom stereocenters. The number of hydrogen-bond acceptors (Lipinski definition) is 4. The number of aromatic nitrogens is 2. The normalized spacial score (nSPS) is 19.4. The minimum absolute atomic E-state index is 0.349. The lowest BCUT2D eigenvalue weighted by molar-refractivity contribution is 0.223. The number of rotatable bonds is 5. The molecule has 0 bridgehead atoms. The Morgan fingerprint density at radius 1 is 1.47 bits per heavy atom. The third-order valence-electron chi connectivity index (χ3n) is 3.20. The van der Waals surface area contributed by atoms with E-state index in [2.05, 4.69) is 23.1 Å². The largest absolute Gasteiger partial charge is 0.329 e. The second-order valence-electron chi connectivity index (χ2n) is 4.44. The van der Waals surface area contributed by atoms with Gasteiger partial charge < -0.3 is 5.73 Å². The maximum atomic E-state index is 5.93. The van der Waals surface area contributed by atoms with Crippen molar-refractivity contribution in [1.82, 2.24) is 14.7 Å². The van der Waals surface area contributed by atoms with Crippen molar-refractivity contribution in [3.05, 3.63) is 18.0 Å². The standard InChI is InChI=1S/C12H22N4S/c1-2-3-16-10-11(9-14-16)12(8-13)15-4-6-17-7-5-15/h9-10,12H,2-8,13H2,1H3. The first-order valence-electron chi connectivity index (χ1n) is 6.39. The third-order valence-corrected chi connectivity index (χ3v) is 4.14. The lowest BCUT2D eigenvalue weighted by Gasteiger charge is -2.33. The topological polar surface area (TPSA) is 47.1 Å². The molecule has 1 saturated heterocycles. The number of thioether (sulfide) groups is 1. The highest BCUT2D eigenvalue weighted by Gasteiger charge is 2.22. The van der Waals surface area contributed by atoms with Gasteiger partial charge in [-0.3, -0.25) is 9.58 Å². The van der Waals surface area contributed by atoms with Gasteiger partial charge in [0.15, 0.2) is 0 Å². The maximum Gasteiger partial charge on any atom is 0.0538 e. The zero-order valence-corrected chi connectivity index (χ0v) is 11.3. The van der Waals surface area contributed by atoms with E-state index in [1.54, 1.807) is 0 Å². The molecular formula is C12H22N4S. The van der Waals surface area contributed by atoms with E-state index in [1.807, 2.05) is 22.6 Å². The minimum Gasteiger partial charge on any atom is -0.329 e. The molecule has 0 amide bonds. The first kappa shape index (κ1) is 12.9. The van der Waals surface area contributed by atoms with Crippen LogP contribution in [0.3, 0.4) is 0 Å². The summed E-state index contributed by atoms with van der Waals surface area (Å²) in [5.41, 5.74) is 7.20. The van der Waals surface area contributed by atoms with Crippen LogP contribution in [0.5, 0.6) is 0 Å². The molecule has 1 aromatic heterocycles. The minimum atomic E-state index is 0.349. The van der Waals surface area contributed by atoms with Gasteiger partial charge >= 0.3 is 0 Å². The van der Waals surface area contributed by atoms with Gasteiger partial charge in [-0.1, -0.05) is 6.92 Å². The second kappa shape index (κ2) is 6.42. The molecular weight excluding hydrogens is 232 g/mol. The van der Waals surface area contributed by atoms with Gasteiger partial charge in [-0.25, -0.2) is 0 Å². The van der Waals surface area contributed by atoms with E-state index >= 15 is 0 Å². The van der Waals surface area contributed by atoms with Crippen LogP contribution in [0.25, 0.3) is 0 Å². The predicted octanol–water partition coefficient (Wildman–Crippen LogP) is 1.34. The fourth-order valence-electron chi connectivity index (χ4n) is 2.29. The first-order valence-corrected chi connectivity index (χ1v) is 7.54. The Labute approximate surface area is 108 Å². The molecule has 0 saturated carbocycles. The van der Waals surface area contributed by atoms with Crippen molar-refractivity contribution in [2.75, 3.05) is 31.1 Å². The van der Waals surface area contributed by atoms with Crippen molar-refractivity contribution in [1.29, 1.82) is 0 Å². The van der Waals surface area contributed by atoms with Crippen LogP contribution in [0, 0.1) is 0 Å². The highest BCUT2D eigenvalue weighted by Crippen LogP contribution is 2.22. The van der Waals surface area contributed by atoms with Gasteiger partial charge in [0.1, 0.15) is 0 Å². The molecule has 4 nitrogen and oxygen atoms in total. The summed E-state index contributed by atoms with van der Waals surface area (Å²) in [5, 5.41) is 4.40. The molecule has 5 heteroatoms. The molecule has 1 fully saturated rings. The van der Waals surface area contributed by atoms with Gasteiger partial charge in [0.05, 0.1) is 12.2 Å². The van der Waals surface area contributed by atoms with Crippen LogP contribution in [0.15, 0.2) is 12.4 Å². The van der Waals surface area contributed by atoms with Gasteiger partial charge in [0.2, 0.25) is 0 Å². The van der Waals surface area contributed by atoms with Crippen LogP contribution in [0.2, 0.25) is 0 Å². The van der Waals surface area contributed by atoms with E-state index in [4.69, 9.17) is 5.73 Å². The molecule has 2 heterocycles. The quantitative estimate of drug-likeness (QED) is 0.861. The summed E-state index contributed by atoms with van der Waals surface area (Å²) in [7, 11) is 0. The summed E-state index contributed by atoms with van der Waals surface area (Å²) in [6, 6.07) is 0.349. The van der Waals surface area contributed by atoms with Crippen molar-refractivity contribution < 1.29 is 0 Å². The van der Waals surface area contributed by atoms with Crippen LogP contribution in [-0.4, -0.2) is 45.8 Å². The molecule has 1 aliphatic rings. The number of aryl methyl sites for hydroxylation is 1. The molecule has 0 spiro atoms. The fraction of sp³-hybridized carbons (Fsp3) is 0.750. The van der Waals surface area contributed by atoms with Gasteiger partial charge in [0, 0.05) is 49.4 Å². The monoisotopic (exact) mass is 254 g/mol. The van der Waals surface area contributed by atoms with E-state index in [0.29, 0.717) is 12.6 Å². The van der Waals surface area contributed by atoms with Crippen LogP contribution in [0.4, 0.5) is 0 Å². The smallest absolute Gasteiger partial charge is 0.0538 e. The second-order valence-corrected chi connectivity index (χ2v) is 5.66. The Kier molecular flexibility index (Phi) is 4.88. The van der Waals surface area contributed by atoms with Gasteiger partial charge in [0.25, 0.3) is 0 Å². The predicted molar refractivity (Wildman–Crippen MR) is 73.2 cm³/mol. The van der Waals surface area contributed by atoms with E-state index in [0.717, 1.165) is 26.1 Å². The number of nitrogens with two attached hydrogens (primary N) is 1. The molecule has 0 aromatic carbocycles. The molecule has 2 N–H and O–H groups in total. The van der Waals surface area contributed by atoms with E-state index in [9.17, 15) is 0 Å². The zero-order valence-electron chi connectivity index (χ0n) is 10.5. The van der Waals surface area contributed by atoms with Crippen molar-refractivity contribution >= 4 is 11.8 Å². The lowest BCUT2D eigenvalue weighted by Crippen LogP contribution is -2.39. The van der Waals surface area contributed by atoms with Crippen LogP contribution in [-0.2, 0) is 6.54 Å². The average molecular weight is 254 g/mol. The van der Waals surface area contributed by atoms with E-state index < -0.39 is 0 Å². The molecule has 2 rings (SSSR count). The summed E-state index contributed by atoms with van der Waals surface area (Å²) in [4.78, 5) is 2.49. The van der Waals surface area contributed by atoms with Gasteiger partial charge in [-0.15, -0.1) is 0 Å².